The number of hydrogen-bond acceptors (Lipinski definition) is 4. The van der Waals surface area contributed by atoms with E-state index in [0.717, 1.165) is 44.9 Å². The number of piperidine rings is 1. The Balaban J connectivity index is 1.75. The Hall–Kier alpha value is -1.40. The number of rotatable bonds is 5. The molecular weight excluding hydrogens is 280 g/mol. The highest BCUT2D eigenvalue weighted by Crippen LogP contribution is 2.38. The lowest BCUT2D eigenvalue weighted by atomic mass is 9.85. The van der Waals surface area contributed by atoms with Gasteiger partial charge >= 0.3 is 0 Å². The van der Waals surface area contributed by atoms with Crippen LogP contribution in [0.1, 0.15) is 32.1 Å². The second-order valence-electron chi connectivity index (χ2n) is 6.52. The van der Waals surface area contributed by atoms with E-state index in [0.29, 0.717) is 6.42 Å². The molecule has 1 amide bonds. The van der Waals surface area contributed by atoms with Crippen molar-refractivity contribution in [2.24, 2.45) is 7.05 Å². The molecule has 1 atom stereocenters. The Kier molecular flexibility index (Phi) is 4.49. The van der Waals surface area contributed by atoms with E-state index in [1.807, 2.05) is 24.2 Å². The summed E-state index contributed by atoms with van der Waals surface area (Å²) in [5.41, 5.74) is 0.000591. The first-order valence-corrected chi connectivity index (χ1v) is 8.19. The molecule has 122 valence electrons. The van der Waals surface area contributed by atoms with Crippen LogP contribution < -0.4 is 4.90 Å². The molecule has 22 heavy (non-hydrogen) atoms. The molecule has 6 nitrogen and oxygen atoms in total. The van der Waals surface area contributed by atoms with Gasteiger partial charge in [-0.15, -0.1) is 0 Å². The first-order chi connectivity index (χ1) is 10.6. The van der Waals surface area contributed by atoms with E-state index in [-0.39, 0.29) is 11.4 Å². The number of anilines is 1. The minimum Gasteiger partial charge on any atom is -0.385 e. The lowest BCUT2D eigenvalue weighted by Crippen LogP contribution is -2.54. The van der Waals surface area contributed by atoms with E-state index in [1.54, 1.807) is 11.8 Å². The van der Waals surface area contributed by atoms with Gasteiger partial charge in [0.15, 0.2) is 5.82 Å². The molecule has 0 aliphatic carbocycles. The molecule has 2 fully saturated rings. The monoisotopic (exact) mass is 306 g/mol. The summed E-state index contributed by atoms with van der Waals surface area (Å²) >= 11 is 0. The van der Waals surface area contributed by atoms with E-state index >= 15 is 0 Å². The molecule has 0 N–H and O–H groups in total. The highest BCUT2D eigenvalue weighted by Gasteiger charge is 2.48. The van der Waals surface area contributed by atoms with Gasteiger partial charge in [0.05, 0.1) is 0 Å². The van der Waals surface area contributed by atoms with E-state index in [1.165, 1.54) is 12.8 Å². The molecule has 0 radical (unpaired) electrons. The molecule has 2 saturated heterocycles. The van der Waals surface area contributed by atoms with Crippen LogP contribution in [0.15, 0.2) is 12.3 Å². The summed E-state index contributed by atoms with van der Waals surface area (Å²) in [5, 5.41) is 4.40. The molecule has 1 unspecified atom stereocenters. The molecule has 3 heterocycles. The summed E-state index contributed by atoms with van der Waals surface area (Å²) in [4.78, 5) is 17.0. The highest BCUT2D eigenvalue weighted by atomic mass is 16.5. The van der Waals surface area contributed by atoms with Crippen LogP contribution in [0.5, 0.6) is 0 Å². The average Bonchev–Trinajstić information content (AvgIpc) is 3.06. The molecule has 2 aliphatic heterocycles. The van der Waals surface area contributed by atoms with Gasteiger partial charge in [-0.1, -0.05) is 6.42 Å². The fourth-order valence-corrected chi connectivity index (χ4v) is 3.85. The molecule has 0 aromatic carbocycles. The largest absolute Gasteiger partial charge is 0.385 e. The number of nitrogens with zero attached hydrogens (tertiary/aromatic N) is 4. The Labute approximate surface area is 132 Å². The quantitative estimate of drug-likeness (QED) is 0.772. The molecule has 1 aromatic heterocycles. The van der Waals surface area contributed by atoms with Gasteiger partial charge in [-0.05, 0) is 25.8 Å². The fraction of sp³-hybridized carbons (Fsp3) is 0.750. The van der Waals surface area contributed by atoms with E-state index in [4.69, 9.17) is 4.74 Å². The minimum atomic E-state index is 0.000591. The molecule has 0 saturated carbocycles. The molecule has 3 rings (SSSR count). The van der Waals surface area contributed by atoms with Crippen molar-refractivity contribution >= 4 is 11.7 Å². The molecule has 1 aromatic rings. The third-order valence-corrected chi connectivity index (χ3v) is 4.98. The van der Waals surface area contributed by atoms with Gasteiger partial charge in [0, 0.05) is 58.1 Å². The number of likely N-dealkylation sites (tertiary alicyclic amines) is 1. The Morgan fingerprint density at radius 3 is 3.00 bits per heavy atom. The van der Waals surface area contributed by atoms with Crippen molar-refractivity contribution in [1.29, 1.82) is 0 Å². The summed E-state index contributed by atoms with van der Waals surface area (Å²) in [5.74, 6) is 0.990. The number of carbonyl (C=O) groups excluding carboxylic acids is 1. The summed E-state index contributed by atoms with van der Waals surface area (Å²) in [7, 11) is 3.63. The summed E-state index contributed by atoms with van der Waals surface area (Å²) < 4.78 is 6.94. The predicted octanol–water partition coefficient (Wildman–Crippen LogP) is 1.42. The molecule has 6 heteroatoms. The van der Waals surface area contributed by atoms with E-state index in [9.17, 15) is 4.79 Å². The van der Waals surface area contributed by atoms with Gasteiger partial charge in [0.2, 0.25) is 5.91 Å². The van der Waals surface area contributed by atoms with Crippen molar-refractivity contribution in [3.8, 4) is 0 Å². The Bertz CT molecular complexity index is 530. The summed E-state index contributed by atoms with van der Waals surface area (Å²) in [6.07, 6.45) is 7.09. The highest BCUT2D eigenvalue weighted by molar-refractivity contribution is 5.96. The van der Waals surface area contributed by atoms with Gasteiger partial charge < -0.3 is 4.74 Å². The molecule has 1 spiro atoms. The first kappa shape index (κ1) is 15.5. The number of hydrogen-bond donors (Lipinski definition) is 0. The van der Waals surface area contributed by atoms with Crippen LogP contribution in [0.25, 0.3) is 0 Å². The second-order valence-corrected chi connectivity index (χ2v) is 6.52. The number of aryl methyl sites for hydroxylation is 1. The topological polar surface area (TPSA) is 50.6 Å². The zero-order valence-corrected chi connectivity index (χ0v) is 13.6. The maximum Gasteiger partial charge on any atom is 0.230 e. The standard InChI is InChI=1S/C16H26N4O2/c1-18-10-6-14(17-18)20-13-16(12-15(20)21)7-3-4-8-19(16)9-5-11-22-2/h6,10H,3-5,7-9,11-13H2,1-2H3. The zero-order chi connectivity index (χ0) is 15.6. The number of carbonyl (C=O) groups is 1. The number of methoxy groups -OCH3 is 1. The van der Waals surface area contributed by atoms with Crippen molar-refractivity contribution in [1.82, 2.24) is 14.7 Å². The van der Waals surface area contributed by atoms with Gasteiger partial charge in [-0.2, -0.15) is 5.10 Å². The molecular formula is C16H26N4O2. The SMILES string of the molecule is COCCCN1CCCCC12CC(=O)N(c1ccn(C)n1)C2. The number of ether oxygens (including phenoxy) is 1. The van der Waals surface area contributed by atoms with Crippen molar-refractivity contribution in [3.05, 3.63) is 12.3 Å². The number of amides is 1. The maximum absolute atomic E-state index is 12.6. The Morgan fingerprint density at radius 1 is 1.41 bits per heavy atom. The van der Waals surface area contributed by atoms with Gasteiger partial charge in [-0.3, -0.25) is 19.3 Å². The van der Waals surface area contributed by atoms with Gasteiger partial charge in [-0.25, -0.2) is 0 Å². The van der Waals surface area contributed by atoms with Crippen LogP contribution in [0.3, 0.4) is 0 Å². The predicted molar refractivity (Wildman–Crippen MR) is 84.8 cm³/mol. The van der Waals surface area contributed by atoms with Gasteiger partial charge in [0.1, 0.15) is 0 Å². The van der Waals surface area contributed by atoms with E-state index < -0.39 is 0 Å². The maximum atomic E-state index is 12.6. The lowest BCUT2D eigenvalue weighted by Gasteiger charge is -2.44. The van der Waals surface area contributed by atoms with Crippen LogP contribution in [0, 0.1) is 0 Å². The fourth-order valence-electron chi connectivity index (χ4n) is 3.85. The minimum absolute atomic E-state index is 0.000591. The Morgan fingerprint density at radius 2 is 2.27 bits per heavy atom. The molecule has 2 aliphatic rings. The van der Waals surface area contributed by atoms with Crippen molar-refractivity contribution in [2.45, 2.75) is 37.6 Å². The van der Waals surface area contributed by atoms with E-state index in [2.05, 4.69) is 10.00 Å². The molecule has 0 bridgehead atoms. The van der Waals surface area contributed by atoms with Crippen LogP contribution in [0.4, 0.5) is 5.82 Å². The van der Waals surface area contributed by atoms with Crippen LogP contribution in [0.2, 0.25) is 0 Å². The average molecular weight is 306 g/mol. The summed E-state index contributed by atoms with van der Waals surface area (Å²) in [6.45, 7) is 3.66. The normalized spacial score (nSPS) is 26.3. The van der Waals surface area contributed by atoms with Crippen molar-refractivity contribution in [3.63, 3.8) is 0 Å². The number of aromatic nitrogens is 2. The van der Waals surface area contributed by atoms with Crippen LogP contribution in [-0.4, -0.2) is 59.5 Å². The van der Waals surface area contributed by atoms with Crippen LogP contribution >= 0.6 is 0 Å². The zero-order valence-electron chi connectivity index (χ0n) is 13.6. The third-order valence-electron chi connectivity index (χ3n) is 4.98. The first-order valence-electron chi connectivity index (χ1n) is 8.19. The lowest BCUT2D eigenvalue weighted by molar-refractivity contribution is -0.118. The van der Waals surface area contributed by atoms with Crippen molar-refractivity contribution < 1.29 is 9.53 Å². The van der Waals surface area contributed by atoms with Crippen molar-refractivity contribution in [2.75, 3.05) is 38.3 Å². The second kappa shape index (κ2) is 6.38. The third kappa shape index (κ3) is 2.90. The van der Waals surface area contributed by atoms with Crippen LogP contribution in [-0.2, 0) is 16.6 Å². The van der Waals surface area contributed by atoms with Gasteiger partial charge in [0.25, 0.3) is 0 Å². The summed E-state index contributed by atoms with van der Waals surface area (Å²) in [6, 6.07) is 1.93. The smallest absolute Gasteiger partial charge is 0.230 e.